The highest BCUT2D eigenvalue weighted by molar-refractivity contribution is 6.34. The first-order valence-corrected chi connectivity index (χ1v) is 5.41. The van der Waals surface area contributed by atoms with Crippen molar-refractivity contribution in [2.45, 2.75) is 0 Å². The van der Waals surface area contributed by atoms with Gasteiger partial charge >= 0.3 is 0 Å². The van der Waals surface area contributed by atoms with Gasteiger partial charge in [0.15, 0.2) is 0 Å². The van der Waals surface area contributed by atoms with Crippen molar-refractivity contribution in [2.75, 3.05) is 5.88 Å². The molecule has 0 fully saturated rings. The average Bonchev–Trinajstić information content (AvgIpc) is 2.30. The Kier molecular flexibility index (Phi) is 3.22. The van der Waals surface area contributed by atoms with Crippen molar-refractivity contribution in [1.82, 2.24) is 9.97 Å². The Morgan fingerprint density at radius 3 is 2.94 bits per heavy atom. The van der Waals surface area contributed by atoms with Gasteiger partial charge in [-0.3, -0.25) is 0 Å². The van der Waals surface area contributed by atoms with Crippen molar-refractivity contribution < 1.29 is 0 Å². The van der Waals surface area contributed by atoms with Crippen molar-refractivity contribution in [3.63, 3.8) is 0 Å². The lowest BCUT2D eigenvalue weighted by atomic mass is 10.2. The maximum atomic E-state index is 5.94. The van der Waals surface area contributed by atoms with Gasteiger partial charge < -0.3 is 5.73 Å². The first-order valence-electron chi connectivity index (χ1n) is 4.50. The molecule has 0 spiro atoms. The summed E-state index contributed by atoms with van der Waals surface area (Å²) in [6.07, 6.45) is 1.42. The molecule has 0 bridgehead atoms. The van der Waals surface area contributed by atoms with Gasteiger partial charge in [-0.25, -0.2) is 15.0 Å². The predicted octanol–water partition coefficient (Wildman–Crippen LogP) is 2.51. The van der Waals surface area contributed by atoms with Crippen LogP contribution in [0.2, 0.25) is 5.15 Å². The van der Waals surface area contributed by atoms with E-state index < -0.39 is 0 Å². The summed E-state index contributed by atoms with van der Waals surface area (Å²) in [6.45, 7) is 0. The van der Waals surface area contributed by atoms with E-state index in [1.54, 1.807) is 12.1 Å². The fourth-order valence-corrected chi connectivity index (χ4v) is 1.53. The van der Waals surface area contributed by atoms with Gasteiger partial charge in [0.25, 0.3) is 0 Å². The molecule has 16 heavy (non-hydrogen) atoms. The van der Waals surface area contributed by atoms with Crippen LogP contribution in [0.4, 0.5) is 5.69 Å². The minimum absolute atomic E-state index is 0.192. The number of nitrogens with two attached hydrogens (primary N) is 1. The standard InChI is InChI=1S/C10H8Cl2N4/c11-4-9(13)16-6-1-2-8-7(3-6)10(12)15-5-14-8/h1-3,5H,4H2,(H2,13,16). The monoisotopic (exact) mass is 254 g/mol. The first kappa shape index (κ1) is 11.1. The Morgan fingerprint density at radius 2 is 2.19 bits per heavy atom. The van der Waals surface area contributed by atoms with Gasteiger partial charge in [0.05, 0.1) is 17.1 Å². The Hall–Kier alpha value is -1.39. The molecule has 1 aromatic carbocycles. The number of rotatable bonds is 2. The third-order valence-corrected chi connectivity index (χ3v) is 2.55. The SMILES string of the molecule is NC(CCl)=Nc1ccc2ncnc(Cl)c2c1. The molecule has 6 heteroatoms. The number of halogens is 2. The van der Waals surface area contributed by atoms with Gasteiger partial charge in [0.1, 0.15) is 17.3 Å². The summed E-state index contributed by atoms with van der Waals surface area (Å²) in [6, 6.07) is 5.38. The van der Waals surface area contributed by atoms with Crippen molar-refractivity contribution in [3.8, 4) is 0 Å². The molecule has 2 aromatic rings. The second-order valence-corrected chi connectivity index (χ2v) is 3.73. The number of aromatic nitrogens is 2. The topological polar surface area (TPSA) is 64.2 Å². The van der Waals surface area contributed by atoms with Crippen molar-refractivity contribution >= 4 is 45.6 Å². The summed E-state index contributed by atoms with van der Waals surface area (Å²) in [7, 11) is 0. The molecule has 0 amide bonds. The van der Waals surface area contributed by atoms with Crippen LogP contribution in [-0.4, -0.2) is 21.7 Å². The minimum Gasteiger partial charge on any atom is -0.386 e. The third kappa shape index (κ3) is 2.23. The van der Waals surface area contributed by atoms with Gasteiger partial charge in [-0.15, -0.1) is 11.6 Å². The summed E-state index contributed by atoms with van der Waals surface area (Å²) < 4.78 is 0. The van der Waals surface area contributed by atoms with E-state index in [9.17, 15) is 0 Å². The van der Waals surface area contributed by atoms with E-state index in [1.165, 1.54) is 6.33 Å². The number of nitrogens with zero attached hydrogens (tertiary/aromatic N) is 3. The number of alkyl halides is 1. The van der Waals surface area contributed by atoms with Crippen LogP contribution in [0.1, 0.15) is 0 Å². The zero-order valence-electron chi connectivity index (χ0n) is 8.19. The van der Waals surface area contributed by atoms with Gasteiger partial charge in [-0.05, 0) is 18.2 Å². The molecule has 0 radical (unpaired) electrons. The molecule has 0 aliphatic heterocycles. The molecule has 0 saturated heterocycles. The van der Waals surface area contributed by atoms with Crippen LogP contribution in [-0.2, 0) is 0 Å². The quantitative estimate of drug-likeness (QED) is 0.388. The summed E-state index contributed by atoms with van der Waals surface area (Å²) >= 11 is 11.5. The van der Waals surface area contributed by atoms with Crippen LogP contribution in [0.5, 0.6) is 0 Å². The van der Waals surface area contributed by atoms with Crippen molar-refractivity contribution in [2.24, 2.45) is 10.7 Å². The summed E-state index contributed by atoms with van der Waals surface area (Å²) in [5.74, 6) is 0.547. The summed E-state index contributed by atoms with van der Waals surface area (Å²) in [5.41, 5.74) is 6.99. The molecule has 4 nitrogen and oxygen atoms in total. The molecule has 0 aliphatic rings. The van der Waals surface area contributed by atoms with E-state index in [4.69, 9.17) is 28.9 Å². The molecule has 0 atom stereocenters. The van der Waals surface area contributed by atoms with Crippen LogP contribution in [0.3, 0.4) is 0 Å². The number of hydrogen-bond acceptors (Lipinski definition) is 3. The zero-order valence-corrected chi connectivity index (χ0v) is 9.70. The highest BCUT2D eigenvalue weighted by atomic mass is 35.5. The molecule has 0 unspecified atom stereocenters. The number of fused-ring (bicyclic) bond motifs is 1. The lowest BCUT2D eigenvalue weighted by Gasteiger charge is -2.00. The van der Waals surface area contributed by atoms with Crippen molar-refractivity contribution in [3.05, 3.63) is 29.7 Å². The third-order valence-electron chi connectivity index (χ3n) is 1.98. The van der Waals surface area contributed by atoms with E-state index >= 15 is 0 Å². The Bertz CT molecular complexity index is 554. The zero-order chi connectivity index (χ0) is 11.5. The largest absolute Gasteiger partial charge is 0.386 e. The van der Waals surface area contributed by atoms with E-state index in [-0.39, 0.29) is 5.88 Å². The Balaban J connectivity index is 2.55. The molecule has 0 saturated carbocycles. The number of amidine groups is 1. The fourth-order valence-electron chi connectivity index (χ4n) is 1.28. The van der Waals surface area contributed by atoms with Gasteiger partial charge in [0.2, 0.25) is 0 Å². The predicted molar refractivity (Wildman–Crippen MR) is 66.6 cm³/mol. The van der Waals surface area contributed by atoms with Gasteiger partial charge in [-0.1, -0.05) is 11.6 Å². The second kappa shape index (κ2) is 4.63. The Labute approximate surface area is 102 Å². The number of aliphatic imine (C=N–C) groups is 1. The van der Waals surface area contributed by atoms with Gasteiger partial charge in [0, 0.05) is 5.39 Å². The van der Waals surface area contributed by atoms with E-state index in [2.05, 4.69) is 15.0 Å². The van der Waals surface area contributed by atoms with Crippen LogP contribution >= 0.6 is 23.2 Å². The molecule has 1 aromatic heterocycles. The van der Waals surface area contributed by atoms with Crippen LogP contribution in [0, 0.1) is 0 Å². The Morgan fingerprint density at radius 1 is 1.38 bits per heavy atom. The maximum absolute atomic E-state index is 5.94. The van der Waals surface area contributed by atoms with Crippen LogP contribution in [0.15, 0.2) is 29.5 Å². The van der Waals surface area contributed by atoms with E-state index in [1.807, 2.05) is 6.07 Å². The maximum Gasteiger partial charge on any atom is 0.140 e. The summed E-state index contributed by atoms with van der Waals surface area (Å²) in [5, 5.41) is 1.14. The molecule has 2 rings (SSSR count). The molecular formula is C10H8Cl2N4. The fraction of sp³-hybridized carbons (Fsp3) is 0.100. The lowest BCUT2D eigenvalue weighted by molar-refractivity contribution is 1.22. The van der Waals surface area contributed by atoms with Crippen molar-refractivity contribution in [1.29, 1.82) is 0 Å². The lowest BCUT2D eigenvalue weighted by Crippen LogP contribution is -2.12. The van der Waals surface area contributed by atoms with Crippen LogP contribution < -0.4 is 5.73 Å². The van der Waals surface area contributed by atoms with Gasteiger partial charge in [-0.2, -0.15) is 0 Å². The molecule has 0 aliphatic carbocycles. The smallest absolute Gasteiger partial charge is 0.140 e. The molecular weight excluding hydrogens is 247 g/mol. The molecule has 82 valence electrons. The highest BCUT2D eigenvalue weighted by Crippen LogP contribution is 2.24. The summed E-state index contributed by atoms with van der Waals surface area (Å²) in [4.78, 5) is 12.1. The normalized spacial score (nSPS) is 12.0. The molecule has 1 heterocycles. The van der Waals surface area contributed by atoms with E-state index in [0.717, 1.165) is 10.9 Å². The van der Waals surface area contributed by atoms with Crippen LogP contribution in [0.25, 0.3) is 10.9 Å². The minimum atomic E-state index is 0.192. The number of benzene rings is 1. The highest BCUT2D eigenvalue weighted by Gasteiger charge is 2.02. The number of hydrogen-bond donors (Lipinski definition) is 1. The van der Waals surface area contributed by atoms with E-state index in [0.29, 0.717) is 16.7 Å². The molecule has 2 N–H and O–H groups in total. The second-order valence-electron chi connectivity index (χ2n) is 3.10. The average molecular weight is 255 g/mol. The first-order chi connectivity index (χ1) is 7.70.